The molecule has 0 aromatic heterocycles. The minimum Gasteiger partial charge on any atom is -0.303 e. The second-order valence-corrected chi connectivity index (χ2v) is 7.48. The molecule has 0 aromatic carbocycles. The summed E-state index contributed by atoms with van der Waals surface area (Å²) in [6, 6.07) is 0.663. The van der Waals surface area contributed by atoms with Crippen molar-refractivity contribution in [1.82, 2.24) is 4.90 Å². The highest BCUT2D eigenvalue weighted by Crippen LogP contribution is 2.23. The maximum atomic E-state index is 3.48. The molecule has 0 aliphatic rings. The first kappa shape index (κ1) is 18.4. The summed E-state index contributed by atoms with van der Waals surface area (Å²) >= 11 is 3.48. The van der Waals surface area contributed by atoms with E-state index in [1.165, 1.54) is 56.8 Å². The second-order valence-electron chi connectivity index (χ2n) is 6.69. The van der Waals surface area contributed by atoms with Crippen molar-refractivity contribution in [1.29, 1.82) is 0 Å². The molecule has 1 atom stereocenters. The maximum absolute atomic E-state index is 3.48. The fraction of sp³-hybridized carbons (Fsp3) is 1.00. The first-order valence-corrected chi connectivity index (χ1v) is 8.78. The van der Waals surface area contributed by atoms with E-state index in [4.69, 9.17) is 0 Å². The van der Waals surface area contributed by atoms with Crippen LogP contribution in [0.4, 0.5) is 0 Å². The van der Waals surface area contributed by atoms with Gasteiger partial charge >= 0.3 is 0 Å². The summed E-state index contributed by atoms with van der Waals surface area (Å²) in [4.78, 5) is 2.52. The largest absolute Gasteiger partial charge is 0.303 e. The highest BCUT2D eigenvalue weighted by Gasteiger charge is 2.23. The molecular formula is C16H34BrN. The number of hydrogen-bond acceptors (Lipinski definition) is 1. The van der Waals surface area contributed by atoms with Crippen LogP contribution in [-0.2, 0) is 0 Å². The minimum atomic E-state index is 0.393. The molecule has 0 N–H and O–H groups in total. The van der Waals surface area contributed by atoms with Gasteiger partial charge in [0.05, 0.1) is 0 Å². The maximum Gasteiger partial charge on any atom is 0.0112 e. The van der Waals surface area contributed by atoms with Crippen LogP contribution in [0.5, 0.6) is 0 Å². The lowest BCUT2D eigenvalue weighted by molar-refractivity contribution is 0.139. The summed E-state index contributed by atoms with van der Waals surface area (Å²) in [5.74, 6) is 0. The van der Waals surface area contributed by atoms with Crippen molar-refractivity contribution >= 4 is 15.9 Å². The van der Waals surface area contributed by atoms with E-state index in [0.717, 1.165) is 0 Å². The SMILES string of the molecule is CC(N(C)CCCCCCCCCBr)C(C)(C)C. The van der Waals surface area contributed by atoms with Gasteiger partial charge in [0.15, 0.2) is 0 Å². The van der Waals surface area contributed by atoms with Crippen LogP contribution in [0.3, 0.4) is 0 Å². The van der Waals surface area contributed by atoms with Crippen molar-refractivity contribution in [3.63, 3.8) is 0 Å². The molecule has 1 unspecified atom stereocenters. The van der Waals surface area contributed by atoms with E-state index in [9.17, 15) is 0 Å². The van der Waals surface area contributed by atoms with Gasteiger partial charge < -0.3 is 4.90 Å². The summed E-state index contributed by atoms with van der Waals surface area (Å²) in [5, 5.41) is 1.17. The Morgan fingerprint density at radius 2 is 1.33 bits per heavy atom. The number of nitrogens with zero attached hydrogens (tertiary/aromatic N) is 1. The van der Waals surface area contributed by atoms with Crippen LogP contribution in [0.15, 0.2) is 0 Å². The predicted octanol–water partition coefficient (Wildman–Crippen LogP) is 5.48. The van der Waals surface area contributed by atoms with Gasteiger partial charge in [0.2, 0.25) is 0 Å². The number of halogens is 1. The van der Waals surface area contributed by atoms with Gasteiger partial charge in [-0.25, -0.2) is 0 Å². The summed E-state index contributed by atoms with van der Waals surface area (Å²) in [6.07, 6.45) is 9.74. The quantitative estimate of drug-likeness (QED) is 0.381. The molecule has 0 bridgehead atoms. The fourth-order valence-electron chi connectivity index (χ4n) is 2.19. The van der Waals surface area contributed by atoms with E-state index >= 15 is 0 Å². The third-order valence-electron chi connectivity index (χ3n) is 4.06. The average Bonchev–Trinajstić information content (AvgIpc) is 2.30. The van der Waals surface area contributed by atoms with Crippen molar-refractivity contribution in [3.8, 4) is 0 Å². The third kappa shape index (κ3) is 9.38. The van der Waals surface area contributed by atoms with Crippen LogP contribution in [0.1, 0.15) is 72.6 Å². The van der Waals surface area contributed by atoms with E-state index in [1.807, 2.05) is 0 Å². The van der Waals surface area contributed by atoms with Crippen LogP contribution in [0.2, 0.25) is 0 Å². The normalized spacial score (nSPS) is 14.2. The number of unbranched alkanes of at least 4 members (excludes halogenated alkanes) is 6. The Bertz CT molecular complexity index is 186. The molecule has 0 aliphatic heterocycles. The first-order chi connectivity index (χ1) is 8.39. The van der Waals surface area contributed by atoms with Gasteiger partial charge in [-0.15, -0.1) is 0 Å². The van der Waals surface area contributed by atoms with Gasteiger partial charge in [0.1, 0.15) is 0 Å². The van der Waals surface area contributed by atoms with E-state index in [2.05, 4.69) is 55.6 Å². The molecule has 0 saturated carbocycles. The molecule has 1 nitrogen and oxygen atoms in total. The summed E-state index contributed by atoms with van der Waals surface area (Å²) in [6.45, 7) is 10.6. The van der Waals surface area contributed by atoms with Crippen LogP contribution in [0, 0.1) is 5.41 Å². The summed E-state index contributed by atoms with van der Waals surface area (Å²) in [7, 11) is 2.27. The smallest absolute Gasteiger partial charge is 0.0112 e. The van der Waals surface area contributed by atoms with Gasteiger partial charge in [0, 0.05) is 11.4 Å². The summed E-state index contributed by atoms with van der Waals surface area (Å²) < 4.78 is 0. The van der Waals surface area contributed by atoms with Crippen LogP contribution in [0.25, 0.3) is 0 Å². The highest BCUT2D eigenvalue weighted by molar-refractivity contribution is 9.09. The Kier molecular flexibility index (Phi) is 10.5. The van der Waals surface area contributed by atoms with E-state index in [-0.39, 0.29) is 0 Å². The van der Waals surface area contributed by atoms with Crippen molar-refractivity contribution in [2.75, 3.05) is 18.9 Å². The van der Waals surface area contributed by atoms with Crippen molar-refractivity contribution in [2.24, 2.45) is 5.41 Å². The Morgan fingerprint density at radius 3 is 1.78 bits per heavy atom. The van der Waals surface area contributed by atoms with Gasteiger partial charge in [-0.3, -0.25) is 0 Å². The van der Waals surface area contributed by atoms with E-state index in [0.29, 0.717) is 11.5 Å². The zero-order valence-electron chi connectivity index (χ0n) is 13.3. The molecule has 0 spiro atoms. The van der Waals surface area contributed by atoms with Crippen LogP contribution < -0.4 is 0 Å². The van der Waals surface area contributed by atoms with E-state index in [1.54, 1.807) is 0 Å². The van der Waals surface area contributed by atoms with Crippen molar-refractivity contribution < 1.29 is 0 Å². The van der Waals surface area contributed by atoms with Gasteiger partial charge in [-0.2, -0.15) is 0 Å². The molecule has 0 radical (unpaired) electrons. The minimum absolute atomic E-state index is 0.393. The third-order valence-corrected chi connectivity index (χ3v) is 4.62. The number of hydrogen-bond donors (Lipinski definition) is 0. The zero-order valence-corrected chi connectivity index (χ0v) is 14.9. The van der Waals surface area contributed by atoms with E-state index < -0.39 is 0 Å². The first-order valence-electron chi connectivity index (χ1n) is 7.65. The monoisotopic (exact) mass is 319 g/mol. The van der Waals surface area contributed by atoms with Gasteiger partial charge in [0.25, 0.3) is 0 Å². The molecule has 18 heavy (non-hydrogen) atoms. The topological polar surface area (TPSA) is 3.24 Å². The molecule has 0 fully saturated rings. The molecule has 0 saturated heterocycles. The summed E-state index contributed by atoms with van der Waals surface area (Å²) in [5.41, 5.74) is 0.393. The molecule has 0 aliphatic carbocycles. The molecular weight excluding hydrogens is 286 g/mol. The Hall–Kier alpha value is 0.440. The second kappa shape index (κ2) is 10.3. The van der Waals surface area contributed by atoms with Crippen molar-refractivity contribution in [3.05, 3.63) is 0 Å². The number of alkyl halides is 1. The average molecular weight is 320 g/mol. The van der Waals surface area contributed by atoms with Crippen LogP contribution >= 0.6 is 15.9 Å². The highest BCUT2D eigenvalue weighted by atomic mass is 79.9. The molecule has 2 heteroatoms. The standard InChI is InChI=1S/C16H34BrN/c1-15(16(2,3)4)18(5)14-12-10-8-6-7-9-11-13-17/h15H,6-14H2,1-5H3. The molecule has 0 rings (SSSR count). The van der Waals surface area contributed by atoms with Gasteiger partial charge in [-0.05, 0) is 38.8 Å². The Morgan fingerprint density at radius 1 is 0.889 bits per heavy atom. The predicted molar refractivity (Wildman–Crippen MR) is 87.7 cm³/mol. The molecule has 110 valence electrons. The lowest BCUT2D eigenvalue weighted by Gasteiger charge is -2.35. The number of rotatable bonds is 10. The molecule has 0 amide bonds. The van der Waals surface area contributed by atoms with Crippen molar-refractivity contribution in [2.45, 2.75) is 78.7 Å². The Balaban J connectivity index is 3.43. The lowest BCUT2D eigenvalue weighted by atomic mass is 9.87. The van der Waals surface area contributed by atoms with Crippen LogP contribution in [-0.4, -0.2) is 29.9 Å². The zero-order chi connectivity index (χ0) is 14.0. The molecule has 0 aromatic rings. The lowest BCUT2D eigenvalue weighted by Crippen LogP contribution is -2.39. The van der Waals surface area contributed by atoms with Gasteiger partial charge in [-0.1, -0.05) is 68.8 Å². The fourth-order valence-corrected chi connectivity index (χ4v) is 2.59. The molecule has 0 heterocycles. The Labute approximate surface area is 124 Å².